The van der Waals surface area contributed by atoms with Crippen molar-refractivity contribution in [2.75, 3.05) is 52.3 Å². The van der Waals surface area contributed by atoms with Gasteiger partial charge in [-0.1, -0.05) is 17.7 Å². The van der Waals surface area contributed by atoms with Crippen LogP contribution in [0, 0.1) is 5.82 Å². The standard InChI is InChI=1S/C27H33ClFN7O/c1-17-15-35(16-18(2)34(17)5)27-32-31-24-14-30-21-9-7-19(13-22(21)36(24)27)20-8-10-23(25(28)26(20)29)37-12-6-11-33(3)4/h7-10,13-14,17-18H,6,11-12,15-16H2,1-5H3/t17-,18+. The molecule has 0 N–H and O–H groups in total. The molecule has 2 atom stereocenters. The van der Waals surface area contributed by atoms with Crippen LogP contribution in [0.5, 0.6) is 5.75 Å². The molecule has 5 rings (SSSR count). The third-order valence-corrected chi connectivity index (χ3v) is 7.57. The summed E-state index contributed by atoms with van der Waals surface area (Å²) in [4.78, 5) is 11.3. The molecule has 2 aromatic carbocycles. The van der Waals surface area contributed by atoms with Crippen molar-refractivity contribution in [2.24, 2.45) is 0 Å². The molecule has 0 radical (unpaired) electrons. The zero-order valence-corrected chi connectivity index (χ0v) is 22.7. The molecular weight excluding hydrogens is 493 g/mol. The summed E-state index contributed by atoms with van der Waals surface area (Å²) in [5.74, 6) is 0.620. The Kier molecular flexibility index (Phi) is 7.20. The second-order valence-corrected chi connectivity index (χ2v) is 10.5. The molecule has 1 fully saturated rings. The van der Waals surface area contributed by atoms with Crippen molar-refractivity contribution in [3.63, 3.8) is 0 Å². The summed E-state index contributed by atoms with van der Waals surface area (Å²) >= 11 is 6.39. The SMILES string of the molecule is C[C@@H]1CN(c2nnc3cnc4ccc(-c5ccc(OCCCN(C)C)c(Cl)c5F)cc4n23)C[C@H](C)N1C. The lowest BCUT2D eigenvalue weighted by Gasteiger charge is -2.42. The molecule has 1 aliphatic heterocycles. The second-order valence-electron chi connectivity index (χ2n) is 10.2. The minimum Gasteiger partial charge on any atom is -0.492 e. The molecule has 196 valence electrons. The average molecular weight is 526 g/mol. The number of fused-ring (bicyclic) bond motifs is 3. The Morgan fingerprint density at radius 3 is 2.59 bits per heavy atom. The molecule has 10 heteroatoms. The highest BCUT2D eigenvalue weighted by molar-refractivity contribution is 6.32. The first kappa shape index (κ1) is 25.6. The van der Waals surface area contributed by atoms with Gasteiger partial charge < -0.3 is 14.5 Å². The largest absolute Gasteiger partial charge is 0.492 e. The highest BCUT2D eigenvalue weighted by Crippen LogP contribution is 2.36. The molecule has 37 heavy (non-hydrogen) atoms. The second kappa shape index (κ2) is 10.4. The minimum atomic E-state index is -0.503. The first-order valence-corrected chi connectivity index (χ1v) is 13.0. The predicted octanol–water partition coefficient (Wildman–Crippen LogP) is 4.60. The van der Waals surface area contributed by atoms with E-state index in [9.17, 15) is 0 Å². The van der Waals surface area contributed by atoms with E-state index in [4.69, 9.17) is 16.3 Å². The Bertz CT molecular complexity index is 1410. The van der Waals surface area contributed by atoms with Crippen LogP contribution in [0.3, 0.4) is 0 Å². The van der Waals surface area contributed by atoms with Gasteiger partial charge in [0.25, 0.3) is 0 Å². The first-order valence-electron chi connectivity index (χ1n) is 12.6. The first-order chi connectivity index (χ1) is 17.7. The lowest BCUT2D eigenvalue weighted by Crippen LogP contribution is -2.55. The number of piperazine rings is 1. The Morgan fingerprint density at radius 1 is 1.11 bits per heavy atom. The van der Waals surface area contributed by atoms with Crippen molar-refractivity contribution >= 4 is 34.2 Å². The maximum atomic E-state index is 15.5. The van der Waals surface area contributed by atoms with Crippen LogP contribution in [0.15, 0.2) is 36.5 Å². The number of hydrogen-bond acceptors (Lipinski definition) is 7. The van der Waals surface area contributed by atoms with Gasteiger partial charge in [-0.25, -0.2) is 4.39 Å². The molecule has 4 aromatic rings. The van der Waals surface area contributed by atoms with E-state index in [0.717, 1.165) is 43.0 Å². The average Bonchev–Trinajstić information content (AvgIpc) is 3.32. The molecule has 8 nitrogen and oxygen atoms in total. The van der Waals surface area contributed by atoms with Crippen LogP contribution in [-0.4, -0.2) is 88.8 Å². The van der Waals surface area contributed by atoms with Gasteiger partial charge in [-0.15, -0.1) is 10.2 Å². The van der Waals surface area contributed by atoms with E-state index in [2.05, 4.69) is 50.8 Å². The van der Waals surface area contributed by atoms with E-state index < -0.39 is 5.82 Å². The summed E-state index contributed by atoms with van der Waals surface area (Å²) in [6, 6.07) is 9.88. The Morgan fingerprint density at radius 2 is 1.86 bits per heavy atom. The van der Waals surface area contributed by atoms with E-state index in [-0.39, 0.29) is 5.02 Å². The molecule has 0 unspecified atom stereocenters. The van der Waals surface area contributed by atoms with Gasteiger partial charge in [0.15, 0.2) is 11.5 Å². The normalized spacial score (nSPS) is 18.9. The molecule has 0 aliphatic carbocycles. The van der Waals surface area contributed by atoms with Crippen molar-refractivity contribution in [3.8, 4) is 16.9 Å². The zero-order chi connectivity index (χ0) is 26.3. The topological polar surface area (TPSA) is 62.0 Å². The van der Waals surface area contributed by atoms with Crippen molar-refractivity contribution < 1.29 is 9.13 Å². The minimum absolute atomic E-state index is 0.0100. The molecule has 3 heterocycles. The molecule has 2 aromatic heterocycles. The molecule has 0 amide bonds. The van der Waals surface area contributed by atoms with Gasteiger partial charge in [-0.3, -0.25) is 14.3 Å². The highest BCUT2D eigenvalue weighted by Gasteiger charge is 2.29. The van der Waals surface area contributed by atoms with Crippen LogP contribution < -0.4 is 9.64 Å². The third kappa shape index (κ3) is 4.95. The number of nitrogens with zero attached hydrogens (tertiary/aromatic N) is 7. The lowest BCUT2D eigenvalue weighted by atomic mass is 10.0. The van der Waals surface area contributed by atoms with E-state index in [1.807, 2.05) is 36.7 Å². The summed E-state index contributed by atoms with van der Waals surface area (Å²) in [6.45, 7) is 7.46. The smallest absolute Gasteiger partial charge is 0.232 e. The van der Waals surface area contributed by atoms with E-state index in [1.54, 1.807) is 18.3 Å². The third-order valence-electron chi connectivity index (χ3n) is 7.21. The van der Waals surface area contributed by atoms with Crippen molar-refractivity contribution in [2.45, 2.75) is 32.4 Å². The van der Waals surface area contributed by atoms with Crippen LogP contribution >= 0.6 is 11.6 Å². The fourth-order valence-corrected chi connectivity index (χ4v) is 5.13. The van der Waals surface area contributed by atoms with Crippen molar-refractivity contribution in [1.82, 2.24) is 29.4 Å². The van der Waals surface area contributed by atoms with Crippen LogP contribution in [0.4, 0.5) is 10.3 Å². The number of rotatable bonds is 7. The maximum absolute atomic E-state index is 15.5. The van der Waals surface area contributed by atoms with Crippen LogP contribution in [-0.2, 0) is 0 Å². The summed E-state index contributed by atoms with van der Waals surface area (Å²) in [7, 11) is 6.16. The number of anilines is 1. The number of likely N-dealkylation sites (N-methyl/N-ethyl adjacent to an activating group) is 1. The highest BCUT2D eigenvalue weighted by atomic mass is 35.5. The van der Waals surface area contributed by atoms with E-state index in [1.165, 1.54) is 0 Å². The van der Waals surface area contributed by atoms with Crippen molar-refractivity contribution in [3.05, 3.63) is 47.4 Å². The monoisotopic (exact) mass is 525 g/mol. The molecule has 0 saturated carbocycles. The van der Waals surface area contributed by atoms with Gasteiger partial charge in [-0.05, 0) is 71.2 Å². The molecule has 1 saturated heterocycles. The Labute approximate surface area is 221 Å². The number of halogens is 2. The van der Waals surface area contributed by atoms with E-state index in [0.29, 0.717) is 41.2 Å². The summed E-state index contributed by atoms with van der Waals surface area (Å²) in [6.07, 6.45) is 2.55. The molecular formula is C27H33ClFN7O. The van der Waals surface area contributed by atoms with Crippen molar-refractivity contribution in [1.29, 1.82) is 0 Å². The van der Waals surface area contributed by atoms with Gasteiger partial charge in [0.2, 0.25) is 5.95 Å². The zero-order valence-electron chi connectivity index (χ0n) is 21.9. The Hall–Kier alpha value is -3.01. The predicted molar refractivity (Wildman–Crippen MR) is 146 cm³/mol. The van der Waals surface area contributed by atoms with Gasteiger partial charge in [0.05, 0.1) is 23.8 Å². The summed E-state index contributed by atoms with van der Waals surface area (Å²) in [5, 5.41) is 8.90. The van der Waals surface area contributed by atoms with E-state index >= 15 is 4.39 Å². The van der Waals surface area contributed by atoms with Crippen LogP contribution in [0.2, 0.25) is 5.02 Å². The lowest BCUT2D eigenvalue weighted by molar-refractivity contribution is 0.169. The fraction of sp³-hybridized carbons (Fsp3) is 0.444. The van der Waals surface area contributed by atoms with Gasteiger partial charge in [-0.2, -0.15) is 0 Å². The maximum Gasteiger partial charge on any atom is 0.232 e. The van der Waals surface area contributed by atoms with Gasteiger partial charge in [0.1, 0.15) is 10.8 Å². The quantitative estimate of drug-likeness (QED) is 0.327. The van der Waals surface area contributed by atoms with Gasteiger partial charge in [0, 0.05) is 37.3 Å². The number of ether oxygens (including phenoxy) is 1. The number of aromatic nitrogens is 4. The molecule has 0 spiro atoms. The molecule has 0 bridgehead atoms. The van der Waals surface area contributed by atoms with Crippen LogP contribution in [0.25, 0.3) is 27.8 Å². The van der Waals surface area contributed by atoms with Crippen LogP contribution in [0.1, 0.15) is 20.3 Å². The fourth-order valence-electron chi connectivity index (χ4n) is 4.91. The number of hydrogen-bond donors (Lipinski definition) is 0. The summed E-state index contributed by atoms with van der Waals surface area (Å²) in [5.41, 5.74) is 3.34. The molecule has 1 aliphatic rings. The number of benzene rings is 2. The summed E-state index contributed by atoms with van der Waals surface area (Å²) < 4.78 is 23.2. The van der Waals surface area contributed by atoms with Gasteiger partial charge >= 0.3 is 0 Å². The Balaban J connectivity index is 1.51.